The van der Waals surface area contributed by atoms with Gasteiger partial charge >= 0.3 is 0 Å². The van der Waals surface area contributed by atoms with Crippen molar-refractivity contribution in [2.24, 2.45) is 0 Å². The number of para-hydroxylation sites is 1. The van der Waals surface area contributed by atoms with Crippen LogP contribution in [0.2, 0.25) is 28.2 Å². The SMILES string of the molecule is Cc1ccc(C(=O)N(c2c(Cl)cccc2Cl)[Si](C)(C)C(C)(C)C)cc1C. The normalized spacial score (nSPS) is 12.2. The molecule has 0 bridgehead atoms. The second-order valence-corrected chi connectivity index (χ2v) is 14.2. The fraction of sp³-hybridized carbons (Fsp3) is 0.381. The minimum Gasteiger partial charge on any atom is -0.334 e. The van der Waals surface area contributed by atoms with E-state index < -0.39 is 8.24 Å². The van der Waals surface area contributed by atoms with Gasteiger partial charge in [0.05, 0.1) is 15.7 Å². The van der Waals surface area contributed by atoms with Gasteiger partial charge in [0, 0.05) is 5.56 Å². The first kappa shape index (κ1) is 21.0. The Labute approximate surface area is 168 Å². The van der Waals surface area contributed by atoms with Crippen molar-refractivity contribution >= 4 is 43.0 Å². The molecular weight excluding hydrogens is 381 g/mol. The molecule has 0 aliphatic heterocycles. The molecule has 1 amide bonds. The molecule has 0 unspecified atom stereocenters. The number of benzene rings is 2. The lowest BCUT2D eigenvalue weighted by molar-refractivity contribution is 0.100. The molecule has 0 atom stereocenters. The second-order valence-electron chi connectivity index (χ2n) is 8.32. The second kappa shape index (κ2) is 7.38. The third-order valence-electron chi connectivity index (χ3n) is 5.51. The molecule has 2 nitrogen and oxygen atoms in total. The van der Waals surface area contributed by atoms with Crippen molar-refractivity contribution in [2.75, 3.05) is 4.57 Å². The van der Waals surface area contributed by atoms with Crippen LogP contribution in [-0.4, -0.2) is 14.1 Å². The van der Waals surface area contributed by atoms with Crippen LogP contribution in [0.25, 0.3) is 0 Å². The Morgan fingerprint density at radius 2 is 1.50 bits per heavy atom. The van der Waals surface area contributed by atoms with E-state index in [1.807, 2.05) is 36.6 Å². The largest absolute Gasteiger partial charge is 0.334 e. The smallest absolute Gasteiger partial charge is 0.250 e. The average Bonchev–Trinajstić information content (AvgIpc) is 2.51. The van der Waals surface area contributed by atoms with Crippen LogP contribution in [-0.2, 0) is 0 Å². The highest BCUT2D eigenvalue weighted by Gasteiger charge is 2.46. The molecule has 0 heterocycles. The van der Waals surface area contributed by atoms with E-state index in [2.05, 4.69) is 33.9 Å². The van der Waals surface area contributed by atoms with E-state index >= 15 is 0 Å². The topological polar surface area (TPSA) is 20.3 Å². The Hall–Kier alpha value is -1.29. The summed E-state index contributed by atoms with van der Waals surface area (Å²) >= 11 is 13.0. The summed E-state index contributed by atoms with van der Waals surface area (Å²) in [4.78, 5) is 13.6. The molecule has 5 heteroatoms. The van der Waals surface area contributed by atoms with Crippen molar-refractivity contribution in [3.8, 4) is 0 Å². The molecule has 0 radical (unpaired) electrons. The first-order chi connectivity index (χ1) is 11.9. The van der Waals surface area contributed by atoms with E-state index in [1.54, 1.807) is 18.2 Å². The fourth-order valence-electron chi connectivity index (χ4n) is 2.68. The van der Waals surface area contributed by atoms with E-state index in [9.17, 15) is 4.79 Å². The summed E-state index contributed by atoms with van der Waals surface area (Å²) in [6.45, 7) is 14.9. The van der Waals surface area contributed by atoms with Crippen LogP contribution in [0.5, 0.6) is 0 Å². The Morgan fingerprint density at radius 1 is 0.962 bits per heavy atom. The molecule has 2 rings (SSSR count). The van der Waals surface area contributed by atoms with Crippen LogP contribution in [0.3, 0.4) is 0 Å². The Morgan fingerprint density at radius 3 is 1.96 bits per heavy atom. The molecule has 0 fully saturated rings. The number of aryl methyl sites for hydroxylation is 2. The summed E-state index contributed by atoms with van der Waals surface area (Å²) in [5.74, 6) is -0.0466. The van der Waals surface area contributed by atoms with Gasteiger partial charge in [-0.1, -0.05) is 69.2 Å². The quantitative estimate of drug-likeness (QED) is 0.489. The third-order valence-corrected chi connectivity index (χ3v) is 11.3. The lowest BCUT2D eigenvalue weighted by Gasteiger charge is -2.46. The van der Waals surface area contributed by atoms with Gasteiger partial charge in [0.2, 0.25) is 5.91 Å². The summed E-state index contributed by atoms with van der Waals surface area (Å²) in [7, 11) is -2.30. The van der Waals surface area contributed by atoms with Crippen LogP contribution in [0.4, 0.5) is 5.69 Å². The fourth-order valence-corrected chi connectivity index (χ4v) is 5.49. The molecular formula is C21H27Cl2NOSi. The maximum absolute atomic E-state index is 13.6. The van der Waals surface area contributed by atoms with E-state index in [0.717, 1.165) is 11.1 Å². The van der Waals surface area contributed by atoms with E-state index in [-0.39, 0.29) is 10.9 Å². The molecule has 0 N–H and O–H groups in total. The number of nitrogens with zero attached hydrogens (tertiary/aromatic N) is 1. The molecule has 2 aromatic rings. The van der Waals surface area contributed by atoms with Gasteiger partial charge in [-0.3, -0.25) is 4.79 Å². The maximum atomic E-state index is 13.6. The number of carbonyl (C=O) groups excluding carboxylic acids is 1. The zero-order chi connectivity index (χ0) is 19.9. The first-order valence-corrected chi connectivity index (χ1v) is 12.4. The molecule has 0 aromatic heterocycles. The lowest BCUT2D eigenvalue weighted by Crippen LogP contribution is -2.58. The number of amides is 1. The highest BCUT2D eigenvalue weighted by molar-refractivity contribution is 6.87. The highest BCUT2D eigenvalue weighted by Crippen LogP contribution is 2.45. The zero-order valence-electron chi connectivity index (χ0n) is 16.6. The summed E-state index contributed by atoms with van der Waals surface area (Å²) in [5.41, 5.74) is 3.53. The van der Waals surface area contributed by atoms with Crippen LogP contribution >= 0.6 is 23.2 Å². The number of hydrogen-bond acceptors (Lipinski definition) is 1. The molecule has 140 valence electrons. The molecule has 0 saturated heterocycles. The maximum Gasteiger partial charge on any atom is 0.250 e. The predicted octanol–water partition coefficient (Wildman–Crippen LogP) is 7.26. The number of halogens is 2. The first-order valence-electron chi connectivity index (χ1n) is 8.73. The van der Waals surface area contributed by atoms with Gasteiger partial charge in [-0.2, -0.15) is 0 Å². The van der Waals surface area contributed by atoms with Crippen molar-refractivity contribution in [3.63, 3.8) is 0 Å². The minimum atomic E-state index is -2.30. The number of anilines is 1. The Balaban J connectivity index is 2.72. The summed E-state index contributed by atoms with van der Waals surface area (Å²) in [5, 5.41) is 0.935. The predicted molar refractivity (Wildman–Crippen MR) is 116 cm³/mol. The third kappa shape index (κ3) is 3.85. The minimum absolute atomic E-state index is 0.0466. The molecule has 0 aliphatic rings. The van der Waals surface area contributed by atoms with Gasteiger partial charge in [0.25, 0.3) is 0 Å². The van der Waals surface area contributed by atoms with E-state index in [0.29, 0.717) is 21.3 Å². The summed E-state index contributed by atoms with van der Waals surface area (Å²) in [6, 6.07) is 11.2. The molecule has 0 aliphatic carbocycles. The monoisotopic (exact) mass is 407 g/mol. The van der Waals surface area contributed by atoms with Gasteiger partial charge in [0.15, 0.2) is 8.24 Å². The molecule has 0 saturated carbocycles. The summed E-state index contributed by atoms with van der Waals surface area (Å²) in [6.07, 6.45) is 0. The zero-order valence-corrected chi connectivity index (χ0v) is 19.1. The van der Waals surface area contributed by atoms with Crippen LogP contribution in [0, 0.1) is 13.8 Å². The summed E-state index contributed by atoms with van der Waals surface area (Å²) < 4.78 is 1.89. The number of carbonyl (C=O) groups is 1. The van der Waals surface area contributed by atoms with Crippen molar-refractivity contribution < 1.29 is 4.79 Å². The van der Waals surface area contributed by atoms with Gasteiger partial charge in [-0.15, -0.1) is 0 Å². The van der Waals surface area contributed by atoms with E-state index in [1.165, 1.54) is 0 Å². The molecule has 2 aromatic carbocycles. The average molecular weight is 408 g/mol. The highest BCUT2D eigenvalue weighted by atomic mass is 35.5. The lowest BCUT2D eigenvalue weighted by atomic mass is 10.1. The van der Waals surface area contributed by atoms with Crippen LogP contribution < -0.4 is 4.57 Å². The Bertz CT molecular complexity index is 820. The van der Waals surface area contributed by atoms with Gasteiger partial charge < -0.3 is 4.57 Å². The number of hydrogen-bond donors (Lipinski definition) is 0. The number of rotatable bonds is 3. The van der Waals surface area contributed by atoms with Crippen molar-refractivity contribution in [2.45, 2.75) is 52.8 Å². The van der Waals surface area contributed by atoms with Gasteiger partial charge in [0.1, 0.15) is 0 Å². The van der Waals surface area contributed by atoms with Crippen LogP contribution in [0.15, 0.2) is 36.4 Å². The van der Waals surface area contributed by atoms with Gasteiger partial charge in [-0.05, 0) is 54.3 Å². The molecule has 0 spiro atoms. The van der Waals surface area contributed by atoms with Crippen LogP contribution in [0.1, 0.15) is 42.3 Å². The van der Waals surface area contributed by atoms with Crippen molar-refractivity contribution in [1.29, 1.82) is 0 Å². The molecule has 26 heavy (non-hydrogen) atoms. The van der Waals surface area contributed by atoms with E-state index in [4.69, 9.17) is 23.2 Å². The van der Waals surface area contributed by atoms with Crippen molar-refractivity contribution in [3.05, 3.63) is 63.1 Å². The van der Waals surface area contributed by atoms with Crippen molar-refractivity contribution in [1.82, 2.24) is 0 Å². The standard InChI is InChI=1S/C21H27Cl2NOSi/c1-14-11-12-16(13-15(14)2)20(25)24(26(6,7)21(3,4)5)19-17(22)9-8-10-18(19)23/h8-13H,1-7H3. The van der Waals surface area contributed by atoms with Gasteiger partial charge in [-0.25, -0.2) is 0 Å². The Kier molecular flexibility index (Phi) is 5.96.